The molecule has 19 heteroatoms. The van der Waals surface area contributed by atoms with Crippen molar-refractivity contribution in [3.8, 4) is 0 Å². The van der Waals surface area contributed by atoms with Crippen LogP contribution in [0.4, 0.5) is 0 Å². The van der Waals surface area contributed by atoms with Crippen LogP contribution in [0.2, 0.25) is 0 Å². The predicted octanol–water partition coefficient (Wildman–Crippen LogP) is 21.2. The van der Waals surface area contributed by atoms with Gasteiger partial charge in [-0.25, -0.2) is 9.13 Å². The van der Waals surface area contributed by atoms with Crippen molar-refractivity contribution in [2.45, 2.75) is 394 Å². The summed E-state index contributed by atoms with van der Waals surface area (Å²) < 4.78 is 68.3. The van der Waals surface area contributed by atoms with E-state index in [2.05, 4.69) is 41.5 Å². The number of hydrogen-bond acceptors (Lipinski definition) is 15. The number of carbonyl (C=O) groups excluding carboxylic acids is 4. The van der Waals surface area contributed by atoms with Crippen molar-refractivity contribution < 1.29 is 80.2 Å². The third-order valence-corrected chi connectivity index (χ3v) is 18.9. The van der Waals surface area contributed by atoms with E-state index in [9.17, 15) is 43.2 Å². The van der Waals surface area contributed by atoms with Gasteiger partial charge in [-0.15, -0.1) is 0 Å². The summed E-state index contributed by atoms with van der Waals surface area (Å²) >= 11 is 0. The topological polar surface area (TPSA) is 237 Å². The fraction of sp³-hybridized carbons (Fsp3) is 0.945. The van der Waals surface area contributed by atoms with Gasteiger partial charge < -0.3 is 33.8 Å². The molecule has 0 bridgehead atoms. The molecule has 0 aliphatic carbocycles. The fourth-order valence-electron chi connectivity index (χ4n) is 11.1. The van der Waals surface area contributed by atoms with Crippen molar-refractivity contribution in [2.75, 3.05) is 39.6 Å². The van der Waals surface area contributed by atoms with Crippen molar-refractivity contribution in [2.24, 2.45) is 11.8 Å². The van der Waals surface area contributed by atoms with E-state index in [0.717, 1.165) is 102 Å². The first-order valence-electron chi connectivity index (χ1n) is 38.0. The number of phosphoric ester groups is 2. The van der Waals surface area contributed by atoms with Crippen LogP contribution >= 0.6 is 15.6 Å². The molecule has 0 saturated heterocycles. The Hall–Kier alpha value is -1.94. The van der Waals surface area contributed by atoms with Gasteiger partial charge in [0.1, 0.15) is 19.3 Å². The Kier molecular flexibility index (Phi) is 63.7. The Morgan fingerprint density at radius 3 is 0.739 bits per heavy atom. The first-order chi connectivity index (χ1) is 44.4. The molecule has 17 nitrogen and oxygen atoms in total. The molecule has 0 aromatic rings. The molecular formula is C73H142O17P2. The van der Waals surface area contributed by atoms with Gasteiger partial charge in [-0.05, 0) is 37.5 Å². The summed E-state index contributed by atoms with van der Waals surface area (Å²) in [6.45, 7) is 9.48. The molecule has 5 atom stereocenters. The van der Waals surface area contributed by atoms with Gasteiger partial charge in [-0.2, -0.15) is 0 Å². The molecule has 0 aliphatic rings. The Morgan fingerprint density at radius 1 is 0.293 bits per heavy atom. The summed E-state index contributed by atoms with van der Waals surface area (Å²) in [6.07, 6.45) is 51.7. The third kappa shape index (κ3) is 66.7. The highest BCUT2D eigenvalue weighted by Crippen LogP contribution is 2.45. The molecular weight excluding hydrogens is 1210 g/mol. The highest BCUT2D eigenvalue weighted by molar-refractivity contribution is 7.47. The first kappa shape index (κ1) is 90.1. The number of ether oxygens (including phenoxy) is 4. The fourth-order valence-corrected chi connectivity index (χ4v) is 12.7. The lowest BCUT2D eigenvalue weighted by atomic mass is 10.0. The van der Waals surface area contributed by atoms with E-state index >= 15 is 0 Å². The van der Waals surface area contributed by atoms with Gasteiger partial charge in [0, 0.05) is 25.7 Å². The van der Waals surface area contributed by atoms with E-state index in [1.165, 1.54) is 186 Å². The normalized spacial score (nSPS) is 14.1. The summed E-state index contributed by atoms with van der Waals surface area (Å²) in [6, 6.07) is 0. The summed E-state index contributed by atoms with van der Waals surface area (Å²) in [5.41, 5.74) is 0. The van der Waals surface area contributed by atoms with Gasteiger partial charge in [0.15, 0.2) is 12.2 Å². The number of rotatable bonds is 72. The minimum absolute atomic E-state index is 0.102. The average Bonchev–Trinajstić information content (AvgIpc) is 2.85. The van der Waals surface area contributed by atoms with Gasteiger partial charge in [0.05, 0.1) is 26.4 Å². The smallest absolute Gasteiger partial charge is 0.462 e. The van der Waals surface area contributed by atoms with Crippen LogP contribution in [0, 0.1) is 11.8 Å². The predicted molar refractivity (Wildman–Crippen MR) is 372 cm³/mol. The lowest BCUT2D eigenvalue weighted by Gasteiger charge is -2.21. The second-order valence-corrected chi connectivity index (χ2v) is 30.2. The van der Waals surface area contributed by atoms with Gasteiger partial charge in [0.25, 0.3) is 0 Å². The van der Waals surface area contributed by atoms with Gasteiger partial charge >= 0.3 is 39.5 Å². The van der Waals surface area contributed by atoms with E-state index in [0.29, 0.717) is 31.6 Å². The summed E-state index contributed by atoms with van der Waals surface area (Å²) in [5, 5.41) is 10.6. The zero-order valence-electron chi connectivity index (χ0n) is 59.9. The summed E-state index contributed by atoms with van der Waals surface area (Å²) in [7, 11) is -9.90. The standard InChI is InChI=1S/C73H142O17P2/c1-7-9-11-13-15-17-18-19-20-21-22-23-28-31-34-38-45-51-57-72(77)89-68(61-84-71(76)56-50-44-37-33-30-27-25-24-26-29-32-35-41-47-53-65(3)4)63-87-91(79,80)85-59-67(74)60-86-92(81,82)88-64-69(62-83-70(75)55-49-43-36-16-14-12-10-8-2)90-73(78)58-52-46-40-39-42-48-54-66(5)6/h65-69,74H,7-64H2,1-6H3,(H,79,80)(H,81,82)/t67-,68-,69-/m1/s1. The maximum atomic E-state index is 13.1. The SMILES string of the molecule is CCCCCCCCCCCCCCCCCCCCC(=O)O[C@H](COC(=O)CCCCCCCCCCCCCCCCC(C)C)COP(=O)(O)OC[C@@H](O)COP(=O)(O)OC[C@@H](COC(=O)CCCCCCCCCC)OC(=O)CCCCCCCCC(C)C. The number of aliphatic hydroxyl groups excluding tert-OH is 1. The van der Waals surface area contributed by atoms with Crippen LogP contribution in [0.3, 0.4) is 0 Å². The lowest BCUT2D eigenvalue weighted by Crippen LogP contribution is -2.30. The van der Waals surface area contributed by atoms with E-state index in [-0.39, 0.29) is 25.7 Å². The molecule has 92 heavy (non-hydrogen) atoms. The molecule has 0 aromatic heterocycles. The number of aliphatic hydroxyl groups is 1. The van der Waals surface area contributed by atoms with E-state index in [1.807, 2.05) is 0 Å². The van der Waals surface area contributed by atoms with E-state index in [1.54, 1.807) is 0 Å². The number of phosphoric acid groups is 2. The quantitative estimate of drug-likeness (QED) is 0.0222. The highest BCUT2D eigenvalue weighted by Gasteiger charge is 2.30. The molecule has 0 heterocycles. The van der Waals surface area contributed by atoms with Gasteiger partial charge in [0.2, 0.25) is 0 Å². The number of esters is 4. The Morgan fingerprint density at radius 2 is 0.500 bits per heavy atom. The van der Waals surface area contributed by atoms with Crippen LogP contribution in [0.15, 0.2) is 0 Å². The lowest BCUT2D eigenvalue weighted by molar-refractivity contribution is -0.161. The molecule has 0 rings (SSSR count). The van der Waals surface area contributed by atoms with E-state index < -0.39 is 97.5 Å². The highest BCUT2D eigenvalue weighted by atomic mass is 31.2. The Bertz CT molecular complexity index is 1790. The largest absolute Gasteiger partial charge is 0.472 e. The van der Waals surface area contributed by atoms with Crippen LogP contribution < -0.4 is 0 Å². The number of carbonyl (C=O) groups is 4. The van der Waals surface area contributed by atoms with Crippen LogP contribution in [-0.4, -0.2) is 96.7 Å². The minimum Gasteiger partial charge on any atom is -0.462 e. The monoisotopic (exact) mass is 1350 g/mol. The van der Waals surface area contributed by atoms with Crippen molar-refractivity contribution in [3.05, 3.63) is 0 Å². The number of unbranched alkanes of at least 4 members (excludes halogenated alkanes) is 42. The second kappa shape index (κ2) is 65.0. The molecule has 0 saturated carbocycles. The molecule has 0 spiro atoms. The van der Waals surface area contributed by atoms with E-state index in [4.69, 9.17) is 37.0 Å². The first-order valence-corrected chi connectivity index (χ1v) is 41.0. The zero-order chi connectivity index (χ0) is 67.9. The van der Waals surface area contributed by atoms with Crippen molar-refractivity contribution in [1.82, 2.24) is 0 Å². The minimum atomic E-state index is -4.95. The molecule has 0 radical (unpaired) electrons. The maximum absolute atomic E-state index is 13.1. The molecule has 0 aliphatic heterocycles. The summed E-state index contributed by atoms with van der Waals surface area (Å²) in [4.78, 5) is 72.5. The second-order valence-electron chi connectivity index (χ2n) is 27.3. The Labute approximate surface area is 562 Å². The molecule has 3 N–H and O–H groups in total. The van der Waals surface area contributed by atoms with Gasteiger partial charge in [-0.3, -0.25) is 37.3 Å². The molecule has 546 valence electrons. The van der Waals surface area contributed by atoms with Crippen molar-refractivity contribution in [3.63, 3.8) is 0 Å². The van der Waals surface area contributed by atoms with Crippen LogP contribution in [-0.2, 0) is 65.4 Å². The maximum Gasteiger partial charge on any atom is 0.472 e. The van der Waals surface area contributed by atoms with Crippen LogP contribution in [0.5, 0.6) is 0 Å². The third-order valence-electron chi connectivity index (χ3n) is 17.0. The molecule has 0 aromatic carbocycles. The molecule has 0 fully saturated rings. The van der Waals surface area contributed by atoms with Gasteiger partial charge in [-0.1, -0.05) is 324 Å². The zero-order valence-corrected chi connectivity index (χ0v) is 61.6. The summed E-state index contributed by atoms with van der Waals surface area (Å²) in [5.74, 6) is -0.658. The van der Waals surface area contributed by atoms with Crippen LogP contribution in [0.25, 0.3) is 0 Å². The molecule has 2 unspecified atom stereocenters. The number of hydrogen-bond donors (Lipinski definition) is 3. The Balaban J connectivity index is 5.18. The van der Waals surface area contributed by atoms with Crippen molar-refractivity contribution in [1.29, 1.82) is 0 Å². The van der Waals surface area contributed by atoms with Crippen LogP contribution in [0.1, 0.15) is 375 Å². The van der Waals surface area contributed by atoms with Crippen molar-refractivity contribution >= 4 is 39.5 Å². The molecule has 0 amide bonds. The average molecular weight is 1350 g/mol.